The van der Waals surface area contributed by atoms with Gasteiger partial charge in [0.25, 0.3) is 5.91 Å². The Labute approximate surface area is 239 Å². The van der Waals surface area contributed by atoms with Gasteiger partial charge >= 0.3 is 0 Å². The number of benzene rings is 2. The molecule has 41 heavy (non-hydrogen) atoms. The number of nitrogens with one attached hydrogen (secondary N) is 3. The second kappa shape index (κ2) is 11.6. The quantitative estimate of drug-likeness (QED) is 0.229. The van der Waals surface area contributed by atoms with E-state index in [1.54, 1.807) is 7.11 Å². The SMILES string of the molecule is CCNCc1cncc(-c2ccc3[nH]nc(-c4nc(-c5ccccc5)c(C(=O)N5CCCC5COC)[nH]4)c3c2)c1C. The highest BCUT2D eigenvalue weighted by Crippen LogP contribution is 2.34. The maximum absolute atomic E-state index is 13.9. The molecule has 0 bridgehead atoms. The number of aromatic nitrogens is 5. The van der Waals surface area contributed by atoms with E-state index in [-0.39, 0.29) is 11.9 Å². The van der Waals surface area contributed by atoms with Crippen LogP contribution < -0.4 is 5.32 Å². The van der Waals surface area contributed by atoms with Crippen molar-refractivity contribution >= 4 is 16.8 Å². The fourth-order valence-corrected chi connectivity index (χ4v) is 5.72. The van der Waals surface area contributed by atoms with Crippen LogP contribution in [-0.4, -0.2) is 68.8 Å². The summed E-state index contributed by atoms with van der Waals surface area (Å²) >= 11 is 0. The summed E-state index contributed by atoms with van der Waals surface area (Å²) < 4.78 is 5.41. The molecule has 210 valence electrons. The van der Waals surface area contributed by atoms with Gasteiger partial charge in [-0.15, -0.1) is 0 Å². The molecular weight excluding hydrogens is 514 g/mol. The van der Waals surface area contributed by atoms with E-state index in [1.807, 2.05) is 53.7 Å². The van der Waals surface area contributed by atoms with Crippen LogP contribution in [0.2, 0.25) is 0 Å². The molecule has 5 aromatic rings. The Balaban J connectivity index is 1.43. The Morgan fingerprint density at radius 2 is 1.98 bits per heavy atom. The van der Waals surface area contributed by atoms with Crippen molar-refractivity contribution in [3.63, 3.8) is 0 Å². The third kappa shape index (κ3) is 5.14. The standard InChI is InChI=1S/C32H35N7O2/c1-4-33-16-23-17-34-18-26(20(23)2)22-12-13-27-25(15-22)29(38-37-27)31-35-28(21-9-6-5-7-10-21)30(36-31)32(40)39-14-8-11-24(39)19-41-3/h5-7,9-10,12-13,15,17-18,24,33H,4,8,11,14,16,19H2,1-3H3,(H,35,36)(H,37,38). The molecule has 6 rings (SSSR count). The van der Waals surface area contributed by atoms with Crippen LogP contribution in [0.5, 0.6) is 0 Å². The minimum atomic E-state index is -0.0677. The highest BCUT2D eigenvalue weighted by Gasteiger charge is 2.33. The van der Waals surface area contributed by atoms with E-state index in [0.29, 0.717) is 36.1 Å². The molecule has 1 atom stereocenters. The van der Waals surface area contributed by atoms with Gasteiger partial charge in [0.15, 0.2) is 5.82 Å². The average molecular weight is 550 g/mol. The summed E-state index contributed by atoms with van der Waals surface area (Å²) in [5.74, 6) is 0.482. The molecule has 1 unspecified atom stereocenters. The van der Waals surface area contributed by atoms with Crippen molar-refractivity contribution in [1.82, 2.24) is 35.4 Å². The van der Waals surface area contributed by atoms with Crippen molar-refractivity contribution < 1.29 is 9.53 Å². The Hall–Kier alpha value is -4.34. The third-order valence-electron chi connectivity index (χ3n) is 7.95. The van der Waals surface area contributed by atoms with Crippen LogP contribution in [0.15, 0.2) is 60.9 Å². The van der Waals surface area contributed by atoms with Crippen molar-refractivity contribution in [1.29, 1.82) is 0 Å². The summed E-state index contributed by atoms with van der Waals surface area (Å²) in [6.07, 6.45) is 5.72. The molecule has 3 aromatic heterocycles. The number of methoxy groups -OCH3 is 1. The lowest BCUT2D eigenvalue weighted by atomic mass is 9.98. The summed E-state index contributed by atoms with van der Waals surface area (Å²) in [6.45, 7) is 7.12. The first-order valence-corrected chi connectivity index (χ1v) is 14.2. The largest absolute Gasteiger partial charge is 0.383 e. The number of imidazole rings is 1. The summed E-state index contributed by atoms with van der Waals surface area (Å²) in [5, 5.41) is 12.1. The predicted molar refractivity (Wildman–Crippen MR) is 160 cm³/mol. The molecule has 0 aliphatic carbocycles. The van der Waals surface area contributed by atoms with Gasteiger partial charge in [0.05, 0.1) is 18.2 Å². The lowest BCUT2D eigenvalue weighted by molar-refractivity contribution is 0.0626. The smallest absolute Gasteiger partial charge is 0.272 e. The minimum Gasteiger partial charge on any atom is -0.383 e. The Morgan fingerprint density at radius 1 is 1.12 bits per heavy atom. The maximum atomic E-state index is 13.9. The molecule has 3 N–H and O–H groups in total. The summed E-state index contributed by atoms with van der Waals surface area (Å²) in [6, 6.07) is 16.1. The molecule has 0 radical (unpaired) electrons. The van der Waals surface area contributed by atoms with Crippen LogP contribution in [-0.2, 0) is 11.3 Å². The molecule has 1 saturated heterocycles. The van der Waals surface area contributed by atoms with Crippen molar-refractivity contribution in [2.24, 2.45) is 0 Å². The Morgan fingerprint density at radius 3 is 2.78 bits per heavy atom. The number of likely N-dealkylation sites (tertiary alicyclic amines) is 1. The number of carbonyl (C=O) groups is 1. The molecule has 4 heterocycles. The maximum Gasteiger partial charge on any atom is 0.272 e. The summed E-state index contributed by atoms with van der Waals surface area (Å²) in [7, 11) is 1.68. The highest BCUT2D eigenvalue weighted by molar-refractivity contribution is 6.01. The molecular formula is C32H35N7O2. The first-order chi connectivity index (χ1) is 20.1. The van der Waals surface area contributed by atoms with Gasteiger partial charge in [0.1, 0.15) is 17.1 Å². The van der Waals surface area contributed by atoms with Gasteiger partial charge in [-0.25, -0.2) is 4.98 Å². The molecule has 2 aromatic carbocycles. The average Bonchev–Trinajstić information content (AvgIpc) is 3.75. The number of fused-ring (bicyclic) bond motifs is 1. The monoisotopic (exact) mass is 549 g/mol. The number of hydrogen-bond acceptors (Lipinski definition) is 6. The number of ether oxygens (including phenoxy) is 1. The molecule has 9 nitrogen and oxygen atoms in total. The zero-order chi connectivity index (χ0) is 28.3. The third-order valence-corrected chi connectivity index (χ3v) is 7.95. The lowest BCUT2D eigenvalue weighted by Crippen LogP contribution is -2.38. The van der Waals surface area contributed by atoms with Crippen molar-refractivity contribution in [2.75, 3.05) is 26.8 Å². The van der Waals surface area contributed by atoms with Crippen molar-refractivity contribution in [3.05, 3.63) is 77.7 Å². The van der Waals surface area contributed by atoms with Gasteiger partial charge in [0.2, 0.25) is 0 Å². The van der Waals surface area contributed by atoms with Crippen molar-refractivity contribution in [2.45, 2.75) is 39.3 Å². The van der Waals surface area contributed by atoms with E-state index in [1.165, 1.54) is 11.1 Å². The van der Waals surface area contributed by atoms with Crippen LogP contribution in [0.1, 0.15) is 41.4 Å². The number of rotatable bonds is 9. The van der Waals surface area contributed by atoms with Crippen LogP contribution in [0.4, 0.5) is 0 Å². The normalized spacial score (nSPS) is 15.2. The molecule has 0 spiro atoms. The number of nitrogens with zero attached hydrogens (tertiary/aromatic N) is 4. The molecule has 0 saturated carbocycles. The second-order valence-corrected chi connectivity index (χ2v) is 10.5. The number of pyridine rings is 1. The molecule has 1 aliphatic rings. The zero-order valence-electron chi connectivity index (χ0n) is 23.7. The molecule has 1 amide bonds. The van der Waals surface area contributed by atoms with Crippen LogP contribution in [0.3, 0.4) is 0 Å². The number of carbonyl (C=O) groups excluding carboxylic acids is 1. The molecule has 1 aliphatic heterocycles. The van der Waals surface area contributed by atoms with Gasteiger partial charge in [-0.05, 0) is 55.1 Å². The topological polar surface area (TPSA) is 112 Å². The first kappa shape index (κ1) is 26.9. The number of H-pyrrole nitrogens is 2. The van der Waals surface area contributed by atoms with Gasteiger partial charge < -0.3 is 19.9 Å². The molecule has 9 heteroatoms. The van der Waals surface area contributed by atoms with E-state index in [0.717, 1.165) is 53.5 Å². The van der Waals surface area contributed by atoms with Gasteiger partial charge in [-0.2, -0.15) is 5.10 Å². The highest BCUT2D eigenvalue weighted by atomic mass is 16.5. The lowest BCUT2D eigenvalue weighted by Gasteiger charge is -2.23. The number of aromatic amines is 2. The van der Waals surface area contributed by atoms with Gasteiger partial charge in [-0.1, -0.05) is 43.3 Å². The summed E-state index contributed by atoms with van der Waals surface area (Å²) in [5.41, 5.74) is 8.02. The van der Waals surface area contributed by atoms with E-state index in [4.69, 9.17) is 9.72 Å². The van der Waals surface area contributed by atoms with Crippen molar-refractivity contribution in [3.8, 4) is 33.9 Å². The zero-order valence-corrected chi connectivity index (χ0v) is 23.7. The van der Waals surface area contributed by atoms with E-state index < -0.39 is 0 Å². The number of hydrogen-bond donors (Lipinski definition) is 3. The summed E-state index contributed by atoms with van der Waals surface area (Å²) in [4.78, 5) is 28.7. The fraction of sp³-hybridized carbons (Fsp3) is 0.312. The van der Waals surface area contributed by atoms with E-state index in [9.17, 15) is 4.79 Å². The predicted octanol–water partition coefficient (Wildman–Crippen LogP) is 5.35. The molecule has 1 fully saturated rings. The van der Waals surface area contributed by atoms with Gasteiger partial charge in [-0.3, -0.25) is 14.9 Å². The van der Waals surface area contributed by atoms with E-state index in [2.05, 4.69) is 51.5 Å². The van der Waals surface area contributed by atoms with Crippen LogP contribution >= 0.6 is 0 Å². The van der Waals surface area contributed by atoms with Gasteiger partial charge in [0, 0.05) is 49.1 Å². The van der Waals surface area contributed by atoms with E-state index >= 15 is 0 Å². The fourth-order valence-electron chi connectivity index (χ4n) is 5.72. The number of amides is 1. The van der Waals surface area contributed by atoms with Crippen LogP contribution in [0.25, 0.3) is 44.8 Å². The second-order valence-electron chi connectivity index (χ2n) is 10.5. The minimum absolute atomic E-state index is 0.0526. The van der Waals surface area contributed by atoms with Crippen LogP contribution in [0, 0.1) is 6.92 Å². The first-order valence-electron chi connectivity index (χ1n) is 14.2. The Bertz CT molecular complexity index is 1670. The Kier molecular flexibility index (Phi) is 7.63.